The number of anilines is 1. The van der Waals surface area contributed by atoms with Gasteiger partial charge in [0.15, 0.2) is 0 Å². The number of nitrogens with one attached hydrogen (secondary N) is 1. The van der Waals surface area contributed by atoms with Crippen LogP contribution in [0.1, 0.15) is 12.8 Å². The number of H-pyrrole nitrogens is 1. The molecule has 3 heterocycles. The van der Waals surface area contributed by atoms with Crippen molar-refractivity contribution in [3.05, 3.63) is 36.7 Å². The lowest BCUT2D eigenvalue weighted by Crippen LogP contribution is -2.09. The summed E-state index contributed by atoms with van der Waals surface area (Å²) in [6.45, 7) is 0.603. The van der Waals surface area contributed by atoms with E-state index < -0.39 is 0 Å². The third-order valence-corrected chi connectivity index (χ3v) is 4.90. The molecule has 0 bridgehead atoms. The molecule has 0 saturated heterocycles. The molecule has 0 amide bonds. The number of aromatic amines is 1. The van der Waals surface area contributed by atoms with Gasteiger partial charge in [-0.3, -0.25) is 9.78 Å². The second kappa shape index (κ2) is 4.80. The summed E-state index contributed by atoms with van der Waals surface area (Å²) in [6.07, 6.45) is 5.48. The molecule has 1 fully saturated rings. The number of pyridine rings is 1. The highest BCUT2D eigenvalue weighted by molar-refractivity contribution is 6.08. The van der Waals surface area contributed by atoms with Crippen molar-refractivity contribution in [2.45, 2.75) is 19.4 Å². The summed E-state index contributed by atoms with van der Waals surface area (Å²) >= 11 is 0. The number of aromatic nitrogens is 5. The molecule has 3 aromatic heterocycles. The van der Waals surface area contributed by atoms with Gasteiger partial charge in [-0.05, 0) is 31.0 Å². The first kappa shape index (κ1) is 14.0. The smallest absolute Gasteiger partial charge is 0.135 e. The molecule has 4 aromatic rings. The Labute approximate surface area is 143 Å². The zero-order chi connectivity index (χ0) is 17.0. The molecule has 1 aromatic carbocycles. The minimum atomic E-state index is -0.256. The highest BCUT2D eigenvalue weighted by atomic mass is 15.3. The Hall–Kier alpha value is -3.40. The Morgan fingerprint density at radius 1 is 1.28 bits per heavy atom. The van der Waals surface area contributed by atoms with Crippen molar-refractivity contribution in [2.75, 3.05) is 5.73 Å². The second-order valence-electron chi connectivity index (χ2n) is 6.68. The molecule has 0 aliphatic heterocycles. The molecule has 1 aliphatic rings. The van der Waals surface area contributed by atoms with Gasteiger partial charge in [0.1, 0.15) is 11.3 Å². The first-order valence-electron chi connectivity index (χ1n) is 8.15. The fourth-order valence-electron chi connectivity index (χ4n) is 3.25. The zero-order valence-corrected chi connectivity index (χ0v) is 13.4. The van der Waals surface area contributed by atoms with E-state index in [1.807, 2.05) is 35.1 Å². The number of nitrogens with zero attached hydrogens (tertiary/aromatic N) is 5. The normalized spacial score (nSPS) is 15.5. The van der Waals surface area contributed by atoms with Crippen molar-refractivity contribution in [2.24, 2.45) is 5.41 Å². The van der Waals surface area contributed by atoms with Crippen LogP contribution in [0.15, 0.2) is 36.7 Å². The number of hydrogen-bond acceptors (Lipinski definition) is 5. The molecule has 3 N–H and O–H groups in total. The van der Waals surface area contributed by atoms with Crippen molar-refractivity contribution in [1.29, 1.82) is 5.26 Å². The molecule has 1 aliphatic carbocycles. The van der Waals surface area contributed by atoms with E-state index >= 15 is 0 Å². The molecule has 5 rings (SSSR count). The Bertz CT molecular complexity index is 1140. The molecule has 122 valence electrons. The van der Waals surface area contributed by atoms with Crippen LogP contribution in [-0.4, -0.2) is 25.0 Å². The van der Waals surface area contributed by atoms with Gasteiger partial charge >= 0.3 is 0 Å². The molecular formula is C18H15N7. The van der Waals surface area contributed by atoms with Crippen molar-refractivity contribution in [3.8, 4) is 17.3 Å². The second-order valence-corrected chi connectivity index (χ2v) is 6.68. The van der Waals surface area contributed by atoms with Gasteiger partial charge in [0.05, 0.1) is 34.6 Å². The maximum absolute atomic E-state index is 9.30. The summed E-state index contributed by atoms with van der Waals surface area (Å²) < 4.78 is 1.83. The van der Waals surface area contributed by atoms with Gasteiger partial charge in [-0.25, -0.2) is 4.98 Å². The summed E-state index contributed by atoms with van der Waals surface area (Å²) in [4.78, 5) is 4.55. The molecule has 0 spiro atoms. The van der Waals surface area contributed by atoms with E-state index in [-0.39, 0.29) is 5.41 Å². The van der Waals surface area contributed by atoms with Crippen LogP contribution in [-0.2, 0) is 6.54 Å². The summed E-state index contributed by atoms with van der Waals surface area (Å²) in [7, 11) is 0. The van der Waals surface area contributed by atoms with E-state index in [1.54, 1.807) is 6.20 Å². The van der Waals surface area contributed by atoms with Crippen LogP contribution in [0.5, 0.6) is 0 Å². The molecule has 0 radical (unpaired) electrons. The predicted molar refractivity (Wildman–Crippen MR) is 94.3 cm³/mol. The lowest BCUT2D eigenvalue weighted by molar-refractivity contribution is 0.489. The minimum absolute atomic E-state index is 0.256. The third-order valence-electron chi connectivity index (χ3n) is 4.90. The molecule has 25 heavy (non-hydrogen) atoms. The molecule has 7 nitrogen and oxygen atoms in total. The fraction of sp³-hybridized carbons (Fsp3) is 0.222. The van der Waals surface area contributed by atoms with Crippen molar-refractivity contribution in [3.63, 3.8) is 0 Å². The quantitative estimate of drug-likeness (QED) is 0.600. The maximum atomic E-state index is 9.30. The van der Waals surface area contributed by atoms with Gasteiger partial charge in [-0.15, -0.1) is 0 Å². The highest BCUT2D eigenvalue weighted by Crippen LogP contribution is 2.46. The molecule has 7 heteroatoms. The molecule has 0 atom stereocenters. The van der Waals surface area contributed by atoms with Gasteiger partial charge < -0.3 is 5.73 Å². The van der Waals surface area contributed by atoms with Gasteiger partial charge in [0.2, 0.25) is 0 Å². The Morgan fingerprint density at radius 3 is 2.88 bits per heavy atom. The largest absolute Gasteiger partial charge is 0.383 e. The van der Waals surface area contributed by atoms with E-state index in [0.717, 1.165) is 45.9 Å². The number of nitrogens with two attached hydrogens (primary N) is 1. The van der Waals surface area contributed by atoms with Crippen LogP contribution in [0.4, 0.5) is 5.82 Å². The number of hydrogen-bond donors (Lipinski definition) is 2. The monoisotopic (exact) mass is 329 g/mol. The van der Waals surface area contributed by atoms with E-state index in [1.165, 1.54) is 0 Å². The SMILES string of the molecule is N#CC1(Cn2cc3c(N)nc4cc(-c5ccn[nH]5)ccc4c3n2)CC1. The van der Waals surface area contributed by atoms with E-state index in [0.29, 0.717) is 12.4 Å². The lowest BCUT2D eigenvalue weighted by Gasteiger charge is -2.04. The van der Waals surface area contributed by atoms with Crippen molar-refractivity contribution < 1.29 is 0 Å². The fourth-order valence-corrected chi connectivity index (χ4v) is 3.25. The third kappa shape index (κ3) is 2.15. The average Bonchev–Trinajstić information content (AvgIpc) is 3.01. The average molecular weight is 329 g/mol. The predicted octanol–water partition coefficient (Wildman–Crippen LogP) is 2.86. The Morgan fingerprint density at radius 2 is 2.16 bits per heavy atom. The minimum Gasteiger partial charge on any atom is -0.383 e. The first-order valence-corrected chi connectivity index (χ1v) is 8.15. The van der Waals surface area contributed by atoms with E-state index in [9.17, 15) is 5.26 Å². The van der Waals surface area contributed by atoms with E-state index in [4.69, 9.17) is 10.8 Å². The zero-order valence-electron chi connectivity index (χ0n) is 13.4. The maximum Gasteiger partial charge on any atom is 0.135 e. The number of rotatable bonds is 3. The summed E-state index contributed by atoms with van der Waals surface area (Å²) in [5.41, 5.74) is 9.46. The molecule has 0 unspecified atom stereocenters. The van der Waals surface area contributed by atoms with Crippen LogP contribution in [0, 0.1) is 16.7 Å². The number of nitriles is 1. The van der Waals surface area contributed by atoms with Crippen LogP contribution < -0.4 is 5.73 Å². The Balaban J connectivity index is 1.66. The van der Waals surface area contributed by atoms with Crippen LogP contribution >= 0.6 is 0 Å². The number of fused-ring (bicyclic) bond motifs is 3. The van der Waals surface area contributed by atoms with Crippen LogP contribution in [0.3, 0.4) is 0 Å². The van der Waals surface area contributed by atoms with Gasteiger partial charge in [-0.2, -0.15) is 15.5 Å². The van der Waals surface area contributed by atoms with Gasteiger partial charge in [0, 0.05) is 23.3 Å². The van der Waals surface area contributed by atoms with E-state index in [2.05, 4.69) is 21.3 Å². The topological polar surface area (TPSA) is 109 Å². The summed E-state index contributed by atoms with van der Waals surface area (Å²) in [5.74, 6) is 0.456. The van der Waals surface area contributed by atoms with Gasteiger partial charge in [-0.1, -0.05) is 6.07 Å². The molecule has 1 saturated carbocycles. The number of benzene rings is 1. The summed E-state index contributed by atoms with van der Waals surface area (Å²) in [5, 5.41) is 22.7. The standard InChI is InChI=1S/C18H15N7/c19-9-18(4-5-18)10-25-8-13-16(24-25)12-2-1-11(14-3-6-21-23-14)7-15(12)22-17(13)20/h1-3,6-8H,4-5,10H2,(H2,20,22)(H,21,23). The summed E-state index contributed by atoms with van der Waals surface area (Å²) in [6, 6.07) is 10.3. The first-order chi connectivity index (χ1) is 12.2. The van der Waals surface area contributed by atoms with Crippen molar-refractivity contribution >= 4 is 27.6 Å². The molecular weight excluding hydrogens is 314 g/mol. The Kier molecular flexibility index (Phi) is 2.69. The van der Waals surface area contributed by atoms with Crippen LogP contribution in [0.2, 0.25) is 0 Å². The number of nitrogen functional groups attached to an aromatic ring is 1. The van der Waals surface area contributed by atoms with Crippen molar-refractivity contribution in [1.82, 2.24) is 25.0 Å². The van der Waals surface area contributed by atoms with Gasteiger partial charge in [0.25, 0.3) is 0 Å². The van der Waals surface area contributed by atoms with Crippen LogP contribution in [0.25, 0.3) is 33.1 Å². The highest BCUT2D eigenvalue weighted by Gasteiger charge is 2.43. The lowest BCUT2D eigenvalue weighted by atomic mass is 10.1.